The van der Waals surface area contributed by atoms with E-state index in [1.165, 1.54) is 7.11 Å². The van der Waals surface area contributed by atoms with Crippen LogP contribution >= 0.6 is 19.2 Å². The number of hydrogen-bond acceptors (Lipinski definition) is 3. The summed E-state index contributed by atoms with van der Waals surface area (Å²) in [4.78, 5) is 12.8. The number of carbonyl (C=O) groups is 1. The van der Waals surface area contributed by atoms with Gasteiger partial charge in [-0.2, -0.15) is 0 Å². The fraction of sp³-hybridized carbons (Fsp3) is 0.682. The van der Waals surface area contributed by atoms with Gasteiger partial charge in [-0.05, 0) is 52.2 Å². The van der Waals surface area contributed by atoms with Gasteiger partial charge in [0.2, 0.25) is 0 Å². The molecule has 4 rings (SSSR count). The van der Waals surface area contributed by atoms with E-state index in [4.69, 9.17) is 16.3 Å². The highest BCUT2D eigenvalue weighted by Crippen LogP contribution is 2.75. The van der Waals surface area contributed by atoms with Crippen molar-refractivity contribution >= 4 is 25.2 Å². The number of methoxy groups -OCH3 is 1. The van der Waals surface area contributed by atoms with Gasteiger partial charge in [0.25, 0.3) is 7.59 Å². The van der Waals surface area contributed by atoms with E-state index in [-0.39, 0.29) is 36.2 Å². The molecule has 0 aromatic heterocycles. The number of esters is 1. The average molecular weight is 454 g/mol. The number of halogens is 1. The minimum absolute atomic E-state index is 0.107. The maximum atomic E-state index is 15.1. The van der Waals surface area contributed by atoms with E-state index >= 15 is 4.57 Å². The molecule has 0 bridgehead atoms. The van der Waals surface area contributed by atoms with Gasteiger partial charge in [-0.25, -0.2) is 14.0 Å². The quantitative estimate of drug-likeness (QED) is 0.351. The van der Waals surface area contributed by atoms with Crippen LogP contribution in [0.4, 0.5) is 0 Å². The normalized spacial score (nSPS) is 33.7. The highest BCUT2D eigenvalue weighted by Gasteiger charge is 2.71. The molecule has 1 aromatic rings. The van der Waals surface area contributed by atoms with Crippen LogP contribution in [-0.4, -0.2) is 57.3 Å². The van der Waals surface area contributed by atoms with Crippen LogP contribution in [0.25, 0.3) is 0 Å². The first-order chi connectivity index (χ1) is 14.2. The standard InChI is InChI=1S/C22H33ClN3O3P/c1-14(2)24-18-12-8-9-13-19(18)25(15(3)4)30(24,28)26-20(21(26)22(27)29-5)16-10-6-7-11-17(16)23/h6-7,10-11,14-15,18-21H,8-9,12-13H2,1-5H3/t18-,19-,20+,21+,26?/m1/s1. The summed E-state index contributed by atoms with van der Waals surface area (Å²) in [6.07, 6.45) is 4.41. The molecule has 1 saturated carbocycles. The molecule has 2 saturated heterocycles. The van der Waals surface area contributed by atoms with Gasteiger partial charge in [-0.1, -0.05) is 42.6 Å². The van der Waals surface area contributed by atoms with Crippen LogP contribution in [0.3, 0.4) is 0 Å². The van der Waals surface area contributed by atoms with Gasteiger partial charge >= 0.3 is 5.97 Å². The minimum atomic E-state index is -3.19. The Morgan fingerprint density at radius 1 is 1.07 bits per heavy atom. The van der Waals surface area contributed by atoms with E-state index in [9.17, 15) is 4.79 Å². The third kappa shape index (κ3) is 3.27. The third-order valence-corrected chi connectivity index (χ3v) is 10.9. The van der Waals surface area contributed by atoms with Gasteiger partial charge in [0, 0.05) is 29.2 Å². The van der Waals surface area contributed by atoms with E-state index < -0.39 is 13.6 Å². The second kappa shape index (κ2) is 8.22. The Hall–Kier alpha value is -0.910. The first-order valence-corrected chi connectivity index (χ1v) is 13.0. The number of fused-ring (bicyclic) bond motifs is 1. The third-order valence-electron chi connectivity index (χ3n) is 6.78. The van der Waals surface area contributed by atoms with Crippen LogP contribution in [0.1, 0.15) is 65.0 Å². The lowest BCUT2D eigenvalue weighted by Gasteiger charge is -2.37. The van der Waals surface area contributed by atoms with E-state index in [1.807, 2.05) is 28.9 Å². The molecular formula is C22H33ClN3O3P. The number of carbonyl (C=O) groups excluding carboxylic acids is 1. The molecular weight excluding hydrogens is 421 g/mol. The summed E-state index contributed by atoms with van der Waals surface area (Å²) < 4.78 is 26.6. The van der Waals surface area contributed by atoms with Crippen molar-refractivity contribution in [3.8, 4) is 0 Å². The average Bonchev–Trinajstić information content (AvgIpc) is 3.38. The Balaban J connectivity index is 1.84. The zero-order valence-corrected chi connectivity index (χ0v) is 20.1. The van der Waals surface area contributed by atoms with Gasteiger partial charge < -0.3 is 4.74 Å². The highest BCUT2D eigenvalue weighted by atomic mass is 35.5. The van der Waals surface area contributed by atoms with Crippen molar-refractivity contribution in [3.05, 3.63) is 34.9 Å². The predicted octanol–water partition coefficient (Wildman–Crippen LogP) is 5.09. The largest absolute Gasteiger partial charge is 0.468 e. The Bertz CT molecular complexity index is 836. The van der Waals surface area contributed by atoms with Gasteiger partial charge in [0.1, 0.15) is 6.04 Å². The fourth-order valence-electron chi connectivity index (χ4n) is 5.75. The summed E-state index contributed by atoms with van der Waals surface area (Å²) >= 11 is 6.51. The van der Waals surface area contributed by atoms with E-state index in [0.717, 1.165) is 31.2 Å². The maximum absolute atomic E-state index is 15.1. The maximum Gasteiger partial charge on any atom is 0.325 e. The molecule has 1 aromatic carbocycles. The minimum Gasteiger partial charge on any atom is -0.468 e. The van der Waals surface area contributed by atoms with Gasteiger partial charge in [0.05, 0.1) is 13.2 Å². The van der Waals surface area contributed by atoms with Gasteiger partial charge in [0.15, 0.2) is 0 Å². The Kier molecular flexibility index (Phi) is 6.10. The fourth-order valence-corrected chi connectivity index (χ4v) is 10.3. The summed E-state index contributed by atoms with van der Waals surface area (Å²) in [5, 5.41) is 0.592. The smallest absolute Gasteiger partial charge is 0.325 e. The topological polar surface area (TPSA) is 52.9 Å². The molecule has 0 spiro atoms. The number of nitrogens with zero attached hydrogens (tertiary/aromatic N) is 3. The number of ether oxygens (including phenoxy) is 1. The molecule has 0 N–H and O–H groups in total. The summed E-state index contributed by atoms with van der Waals surface area (Å²) in [5.74, 6) is -0.350. The van der Waals surface area contributed by atoms with Gasteiger partial charge in [-0.3, -0.25) is 9.36 Å². The van der Waals surface area contributed by atoms with Crippen LogP contribution in [-0.2, 0) is 14.1 Å². The zero-order chi connectivity index (χ0) is 21.8. The summed E-state index contributed by atoms with van der Waals surface area (Å²) in [7, 11) is -1.80. The number of rotatable bonds is 5. The lowest BCUT2D eigenvalue weighted by molar-refractivity contribution is -0.140. The SMILES string of the molecule is COC(=O)[C@@H]1[C@H](c2ccccc2Cl)N1P1(=O)N(C(C)C)[C@@H]2CCCC[C@H]2N1C(C)C. The van der Waals surface area contributed by atoms with Crippen LogP contribution in [0, 0.1) is 0 Å². The first kappa shape index (κ1) is 22.3. The van der Waals surface area contributed by atoms with Crippen LogP contribution in [0.15, 0.2) is 24.3 Å². The van der Waals surface area contributed by atoms with Crippen molar-refractivity contribution in [2.75, 3.05) is 7.11 Å². The molecule has 0 amide bonds. The van der Waals surface area contributed by atoms with E-state index in [2.05, 4.69) is 37.0 Å². The van der Waals surface area contributed by atoms with E-state index in [1.54, 1.807) is 0 Å². The van der Waals surface area contributed by atoms with Crippen molar-refractivity contribution in [3.63, 3.8) is 0 Å². The molecule has 0 radical (unpaired) electrons. The van der Waals surface area contributed by atoms with Gasteiger partial charge in [-0.15, -0.1) is 0 Å². The first-order valence-electron chi connectivity index (χ1n) is 11.0. The molecule has 8 heteroatoms. The molecule has 30 heavy (non-hydrogen) atoms. The molecule has 3 aliphatic rings. The van der Waals surface area contributed by atoms with Crippen molar-refractivity contribution in [1.29, 1.82) is 0 Å². The van der Waals surface area contributed by atoms with Crippen molar-refractivity contribution in [2.45, 2.75) is 89.6 Å². The van der Waals surface area contributed by atoms with Crippen molar-refractivity contribution in [2.24, 2.45) is 0 Å². The summed E-state index contributed by atoms with van der Waals surface area (Å²) in [6, 6.07) is 7.34. The molecule has 2 heterocycles. The molecule has 2 aliphatic heterocycles. The van der Waals surface area contributed by atoms with Crippen molar-refractivity contribution in [1.82, 2.24) is 14.0 Å². The second-order valence-electron chi connectivity index (χ2n) is 9.19. The lowest BCUT2D eigenvalue weighted by atomic mass is 9.89. The molecule has 3 fully saturated rings. The highest BCUT2D eigenvalue weighted by molar-refractivity contribution is 7.57. The number of benzene rings is 1. The summed E-state index contributed by atoms with van der Waals surface area (Å²) in [5.41, 5.74) is 0.840. The summed E-state index contributed by atoms with van der Waals surface area (Å²) in [6.45, 7) is 8.46. The lowest BCUT2D eigenvalue weighted by Crippen LogP contribution is -2.43. The molecule has 5 atom stereocenters. The Morgan fingerprint density at radius 3 is 2.07 bits per heavy atom. The molecule has 1 aliphatic carbocycles. The molecule has 6 nitrogen and oxygen atoms in total. The number of hydrogen-bond donors (Lipinski definition) is 0. The predicted molar refractivity (Wildman–Crippen MR) is 119 cm³/mol. The monoisotopic (exact) mass is 453 g/mol. The van der Waals surface area contributed by atoms with Crippen LogP contribution < -0.4 is 0 Å². The van der Waals surface area contributed by atoms with E-state index in [0.29, 0.717) is 5.02 Å². The Morgan fingerprint density at radius 2 is 1.60 bits per heavy atom. The molecule has 166 valence electrons. The van der Waals surface area contributed by atoms with Crippen LogP contribution in [0.2, 0.25) is 5.02 Å². The second-order valence-corrected chi connectivity index (χ2v) is 12.0. The zero-order valence-electron chi connectivity index (χ0n) is 18.5. The van der Waals surface area contributed by atoms with Crippen LogP contribution in [0.5, 0.6) is 0 Å². The molecule has 1 unspecified atom stereocenters. The Labute approximate surface area is 185 Å². The van der Waals surface area contributed by atoms with Crippen molar-refractivity contribution < 1.29 is 14.1 Å².